The monoisotopic (exact) mass is 500 g/mol. The molecule has 1 fully saturated rings. The second-order valence-electron chi connectivity index (χ2n) is 10.7. The standard InChI is InChI=1S/C26H36N4O6/c1-16(2)15-30-23(33)19-7-6-17(14-20(19)24(30)34)22(32)29-12-9-18(10-13-29)28-21(31)8-11-27-25(35)36-26(3,4)5/h6-7,14,16,18H,8-13,15H2,1-5H3,(H,27,35)(H,28,31). The first-order valence-electron chi connectivity index (χ1n) is 12.4. The predicted molar refractivity (Wildman–Crippen MR) is 133 cm³/mol. The number of benzene rings is 1. The zero-order valence-corrected chi connectivity index (χ0v) is 21.7. The fourth-order valence-corrected chi connectivity index (χ4v) is 4.26. The summed E-state index contributed by atoms with van der Waals surface area (Å²) < 4.78 is 5.14. The largest absolute Gasteiger partial charge is 0.444 e. The number of hydrogen-bond acceptors (Lipinski definition) is 6. The van der Waals surface area contributed by atoms with Gasteiger partial charge in [-0.2, -0.15) is 0 Å². The smallest absolute Gasteiger partial charge is 0.407 e. The molecule has 1 aromatic rings. The molecular formula is C26H36N4O6. The van der Waals surface area contributed by atoms with Gasteiger partial charge in [0.1, 0.15) is 5.60 Å². The van der Waals surface area contributed by atoms with Gasteiger partial charge in [-0.3, -0.25) is 24.1 Å². The molecule has 196 valence electrons. The summed E-state index contributed by atoms with van der Waals surface area (Å²) >= 11 is 0. The van der Waals surface area contributed by atoms with Gasteiger partial charge in [0, 0.05) is 44.2 Å². The van der Waals surface area contributed by atoms with Crippen molar-refractivity contribution in [3.05, 3.63) is 34.9 Å². The van der Waals surface area contributed by atoms with Gasteiger partial charge in [0.15, 0.2) is 0 Å². The quantitative estimate of drug-likeness (QED) is 0.555. The highest BCUT2D eigenvalue weighted by molar-refractivity contribution is 6.22. The fourth-order valence-electron chi connectivity index (χ4n) is 4.26. The third-order valence-electron chi connectivity index (χ3n) is 5.93. The number of ether oxygens (including phenoxy) is 1. The molecule has 2 aliphatic heterocycles. The predicted octanol–water partition coefficient (Wildman–Crippen LogP) is 2.57. The third kappa shape index (κ3) is 6.83. The molecule has 3 rings (SSSR count). The molecular weight excluding hydrogens is 464 g/mol. The Labute approximate surface area is 211 Å². The number of nitrogens with one attached hydrogen (secondary N) is 2. The lowest BCUT2D eigenvalue weighted by Gasteiger charge is -2.32. The van der Waals surface area contributed by atoms with Crippen LogP contribution in [0.5, 0.6) is 0 Å². The summed E-state index contributed by atoms with van der Waals surface area (Å²) in [6.45, 7) is 10.6. The Hall–Kier alpha value is -3.43. The van der Waals surface area contributed by atoms with E-state index in [-0.39, 0.29) is 54.1 Å². The van der Waals surface area contributed by atoms with Crippen LogP contribution in [0.15, 0.2) is 18.2 Å². The highest BCUT2D eigenvalue weighted by Crippen LogP contribution is 2.26. The zero-order valence-electron chi connectivity index (χ0n) is 21.7. The number of piperidine rings is 1. The molecule has 0 bridgehead atoms. The van der Waals surface area contributed by atoms with Crippen molar-refractivity contribution in [2.75, 3.05) is 26.2 Å². The highest BCUT2D eigenvalue weighted by Gasteiger charge is 2.36. The van der Waals surface area contributed by atoms with Crippen LogP contribution in [-0.4, -0.2) is 77.3 Å². The van der Waals surface area contributed by atoms with Gasteiger partial charge in [0.2, 0.25) is 5.91 Å². The maximum atomic E-state index is 13.1. The molecule has 0 unspecified atom stereocenters. The second kappa shape index (κ2) is 11.1. The Morgan fingerprint density at radius 1 is 1.06 bits per heavy atom. The van der Waals surface area contributed by atoms with E-state index in [1.54, 1.807) is 37.8 Å². The van der Waals surface area contributed by atoms with Crippen molar-refractivity contribution < 1.29 is 28.7 Å². The van der Waals surface area contributed by atoms with Crippen molar-refractivity contribution in [3.63, 3.8) is 0 Å². The molecule has 1 aromatic carbocycles. The molecule has 5 amide bonds. The maximum Gasteiger partial charge on any atom is 0.407 e. The number of fused-ring (bicyclic) bond motifs is 1. The van der Waals surface area contributed by atoms with E-state index in [4.69, 9.17) is 4.74 Å². The normalized spacial score (nSPS) is 16.3. The lowest BCUT2D eigenvalue weighted by Crippen LogP contribution is -2.47. The SMILES string of the molecule is CC(C)CN1C(=O)c2ccc(C(=O)N3CCC(NC(=O)CCNC(=O)OC(C)(C)C)CC3)cc2C1=O. The number of hydrogen-bond donors (Lipinski definition) is 2. The van der Waals surface area contributed by atoms with Gasteiger partial charge in [0.05, 0.1) is 11.1 Å². The molecule has 2 N–H and O–H groups in total. The van der Waals surface area contributed by atoms with Crippen molar-refractivity contribution >= 4 is 29.7 Å². The number of carbonyl (C=O) groups excluding carboxylic acids is 5. The number of imide groups is 1. The molecule has 0 radical (unpaired) electrons. The van der Waals surface area contributed by atoms with Gasteiger partial charge in [-0.15, -0.1) is 0 Å². The molecule has 36 heavy (non-hydrogen) atoms. The van der Waals surface area contributed by atoms with E-state index in [2.05, 4.69) is 10.6 Å². The van der Waals surface area contributed by atoms with Gasteiger partial charge in [-0.05, 0) is 57.7 Å². The topological polar surface area (TPSA) is 125 Å². The van der Waals surface area contributed by atoms with Crippen LogP contribution in [0.1, 0.15) is 85.0 Å². The first-order valence-corrected chi connectivity index (χ1v) is 12.4. The summed E-state index contributed by atoms with van der Waals surface area (Å²) in [5.74, 6) is -0.909. The average molecular weight is 501 g/mol. The minimum Gasteiger partial charge on any atom is -0.444 e. The van der Waals surface area contributed by atoms with Crippen LogP contribution in [-0.2, 0) is 9.53 Å². The van der Waals surface area contributed by atoms with E-state index in [1.165, 1.54) is 11.0 Å². The highest BCUT2D eigenvalue weighted by atomic mass is 16.6. The lowest BCUT2D eigenvalue weighted by molar-refractivity contribution is -0.121. The van der Waals surface area contributed by atoms with E-state index in [1.807, 2.05) is 13.8 Å². The summed E-state index contributed by atoms with van der Waals surface area (Å²) in [5.41, 5.74) is 0.379. The lowest BCUT2D eigenvalue weighted by atomic mass is 10.0. The number of alkyl carbamates (subject to hydrolysis) is 1. The first-order chi connectivity index (χ1) is 16.9. The molecule has 10 nitrogen and oxygen atoms in total. The van der Waals surface area contributed by atoms with Gasteiger partial charge in [0.25, 0.3) is 17.7 Å². The van der Waals surface area contributed by atoms with Gasteiger partial charge in [-0.1, -0.05) is 13.8 Å². The zero-order chi connectivity index (χ0) is 26.6. The van der Waals surface area contributed by atoms with Crippen LogP contribution >= 0.6 is 0 Å². The number of likely N-dealkylation sites (tertiary alicyclic amines) is 1. The van der Waals surface area contributed by atoms with E-state index in [9.17, 15) is 24.0 Å². The van der Waals surface area contributed by atoms with E-state index < -0.39 is 11.7 Å². The number of rotatable bonds is 7. The summed E-state index contributed by atoms with van der Waals surface area (Å²) in [6, 6.07) is 4.61. The second-order valence-corrected chi connectivity index (χ2v) is 10.7. The summed E-state index contributed by atoms with van der Waals surface area (Å²) in [4.78, 5) is 65.2. The molecule has 1 saturated heterocycles. The molecule has 0 spiro atoms. The number of nitrogens with zero attached hydrogens (tertiary/aromatic N) is 2. The van der Waals surface area contributed by atoms with Crippen LogP contribution in [0, 0.1) is 5.92 Å². The number of carbonyl (C=O) groups is 5. The average Bonchev–Trinajstić information content (AvgIpc) is 3.02. The van der Waals surface area contributed by atoms with Crippen LogP contribution in [0.25, 0.3) is 0 Å². The van der Waals surface area contributed by atoms with Crippen molar-refractivity contribution in [1.29, 1.82) is 0 Å². The minimum atomic E-state index is -0.599. The first kappa shape index (κ1) is 27.2. The Balaban J connectivity index is 1.47. The van der Waals surface area contributed by atoms with Crippen molar-refractivity contribution in [2.45, 2.75) is 65.5 Å². The summed E-state index contributed by atoms with van der Waals surface area (Å²) in [5, 5.41) is 5.51. The van der Waals surface area contributed by atoms with Gasteiger partial charge >= 0.3 is 6.09 Å². The van der Waals surface area contributed by atoms with Crippen molar-refractivity contribution in [3.8, 4) is 0 Å². The maximum absolute atomic E-state index is 13.1. The van der Waals surface area contributed by atoms with E-state index in [0.717, 1.165) is 0 Å². The van der Waals surface area contributed by atoms with Gasteiger partial charge < -0.3 is 20.3 Å². The molecule has 10 heteroatoms. The molecule has 0 aliphatic carbocycles. The Kier molecular flexibility index (Phi) is 8.37. The van der Waals surface area contributed by atoms with Crippen molar-refractivity contribution in [1.82, 2.24) is 20.4 Å². The molecule has 0 saturated carbocycles. The molecule has 2 aliphatic rings. The molecule has 0 aromatic heterocycles. The van der Waals surface area contributed by atoms with Gasteiger partial charge in [-0.25, -0.2) is 4.79 Å². The Morgan fingerprint density at radius 3 is 2.31 bits per heavy atom. The Bertz CT molecular complexity index is 1040. The minimum absolute atomic E-state index is 0.0631. The van der Waals surface area contributed by atoms with E-state index in [0.29, 0.717) is 43.6 Å². The van der Waals surface area contributed by atoms with Crippen LogP contribution in [0.3, 0.4) is 0 Å². The van der Waals surface area contributed by atoms with Crippen molar-refractivity contribution in [2.24, 2.45) is 5.92 Å². The number of amides is 5. The fraction of sp³-hybridized carbons (Fsp3) is 0.577. The van der Waals surface area contributed by atoms with Crippen LogP contribution in [0.2, 0.25) is 0 Å². The third-order valence-corrected chi connectivity index (χ3v) is 5.93. The van der Waals surface area contributed by atoms with Crippen LogP contribution < -0.4 is 10.6 Å². The Morgan fingerprint density at radius 2 is 1.69 bits per heavy atom. The summed E-state index contributed by atoms with van der Waals surface area (Å²) in [6.07, 6.45) is 0.768. The van der Waals surface area contributed by atoms with E-state index >= 15 is 0 Å². The molecule has 0 atom stereocenters. The summed E-state index contributed by atoms with van der Waals surface area (Å²) in [7, 11) is 0. The molecule has 2 heterocycles. The van der Waals surface area contributed by atoms with Crippen LogP contribution in [0.4, 0.5) is 4.79 Å².